The molecule has 5 fully saturated rings. The summed E-state index contributed by atoms with van der Waals surface area (Å²) in [4.78, 5) is 26.8. The summed E-state index contributed by atoms with van der Waals surface area (Å²) in [7, 11) is 0. The van der Waals surface area contributed by atoms with Crippen molar-refractivity contribution in [2.45, 2.75) is 38.5 Å². The molecule has 7 nitrogen and oxygen atoms in total. The number of carbonyl (C=O) groups is 1. The lowest BCUT2D eigenvalue weighted by molar-refractivity contribution is -0.158. The molecular weight excluding hydrogens is 364 g/mol. The number of hydrogen-bond donors (Lipinski definition) is 0. The zero-order valence-electron chi connectivity index (χ0n) is 16.8. The molecule has 4 saturated carbocycles. The second-order valence-electron chi connectivity index (χ2n) is 9.66. The number of rotatable bonds is 3. The molecule has 0 unspecified atom stereocenters. The summed E-state index contributed by atoms with van der Waals surface area (Å²) < 4.78 is 1.75. The Bertz CT molecular complexity index is 867. The van der Waals surface area contributed by atoms with Crippen molar-refractivity contribution in [3.63, 3.8) is 0 Å². The van der Waals surface area contributed by atoms with Crippen LogP contribution in [0.25, 0.3) is 5.82 Å². The third-order valence-electron chi connectivity index (χ3n) is 7.76. The van der Waals surface area contributed by atoms with Gasteiger partial charge in [0, 0.05) is 44.6 Å². The SMILES string of the molecule is O=C(N1CCN(c2cc(-n3cccn3)ncn2)CC1)C12CC3CC(CC(C3)C1)C2. The first kappa shape index (κ1) is 17.4. The normalized spacial score (nSPS) is 33.3. The van der Waals surface area contributed by atoms with Crippen LogP contribution in [0.5, 0.6) is 0 Å². The molecule has 1 amide bonds. The third-order valence-corrected chi connectivity index (χ3v) is 7.76. The maximum absolute atomic E-state index is 13.6. The number of hydrogen-bond acceptors (Lipinski definition) is 5. The molecule has 0 spiro atoms. The highest BCUT2D eigenvalue weighted by atomic mass is 16.2. The standard InChI is InChI=1S/C22H28N6O/c29-21(22-12-16-8-17(13-22)10-18(9-16)14-22)27-6-4-26(5-7-27)19-11-20(24-15-23-19)28-3-1-2-25-28/h1-3,11,15-18H,4-10,12-14H2. The molecule has 152 valence electrons. The van der Waals surface area contributed by atoms with E-state index in [4.69, 9.17) is 0 Å². The van der Waals surface area contributed by atoms with E-state index in [0.717, 1.165) is 74.8 Å². The van der Waals surface area contributed by atoms with Gasteiger partial charge in [0.25, 0.3) is 0 Å². The number of carbonyl (C=O) groups excluding carboxylic acids is 1. The van der Waals surface area contributed by atoms with Crippen LogP contribution in [0.15, 0.2) is 30.9 Å². The van der Waals surface area contributed by atoms with Gasteiger partial charge in [-0.3, -0.25) is 4.79 Å². The van der Waals surface area contributed by atoms with E-state index in [-0.39, 0.29) is 5.41 Å². The van der Waals surface area contributed by atoms with E-state index >= 15 is 0 Å². The minimum atomic E-state index is -0.0287. The van der Waals surface area contributed by atoms with Gasteiger partial charge in [0.2, 0.25) is 5.91 Å². The molecular formula is C22H28N6O. The summed E-state index contributed by atoms with van der Waals surface area (Å²) in [5.41, 5.74) is -0.0287. The molecule has 0 atom stereocenters. The maximum atomic E-state index is 13.6. The van der Waals surface area contributed by atoms with Gasteiger partial charge < -0.3 is 9.80 Å². The first-order chi connectivity index (χ1) is 14.2. The van der Waals surface area contributed by atoms with Crippen LogP contribution >= 0.6 is 0 Å². The van der Waals surface area contributed by atoms with Crippen LogP contribution in [0.2, 0.25) is 0 Å². The first-order valence-electron chi connectivity index (χ1n) is 11.0. The second-order valence-corrected chi connectivity index (χ2v) is 9.66. The van der Waals surface area contributed by atoms with Gasteiger partial charge in [-0.1, -0.05) is 0 Å². The predicted molar refractivity (Wildman–Crippen MR) is 109 cm³/mol. The van der Waals surface area contributed by atoms with Crippen molar-refractivity contribution >= 4 is 11.7 Å². The Kier molecular flexibility index (Phi) is 3.93. The van der Waals surface area contributed by atoms with Crippen molar-refractivity contribution < 1.29 is 4.79 Å². The minimum Gasteiger partial charge on any atom is -0.353 e. The first-order valence-corrected chi connectivity index (χ1v) is 11.0. The summed E-state index contributed by atoms with van der Waals surface area (Å²) in [5.74, 6) is 4.57. The zero-order chi connectivity index (χ0) is 19.4. The Morgan fingerprint density at radius 2 is 1.59 bits per heavy atom. The fraction of sp³-hybridized carbons (Fsp3) is 0.636. The molecule has 3 heterocycles. The summed E-state index contributed by atoms with van der Waals surface area (Å²) >= 11 is 0. The van der Waals surface area contributed by atoms with Crippen molar-refractivity contribution in [2.24, 2.45) is 23.2 Å². The molecule has 4 bridgehead atoms. The van der Waals surface area contributed by atoms with Crippen LogP contribution in [0.4, 0.5) is 5.82 Å². The summed E-state index contributed by atoms with van der Waals surface area (Å²) in [6.07, 6.45) is 12.8. The van der Waals surface area contributed by atoms with Crippen molar-refractivity contribution in [1.82, 2.24) is 24.6 Å². The Morgan fingerprint density at radius 1 is 0.931 bits per heavy atom. The number of aromatic nitrogens is 4. The quantitative estimate of drug-likeness (QED) is 0.803. The van der Waals surface area contributed by atoms with Crippen LogP contribution in [0.1, 0.15) is 38.5 Å². The fourth-order valence-electron chi connectivity index (χ4n) is 6.89. The Hall–Kier alpha value is -2.44. The van der Waals surface area contributed by atoms with E-state index in [0.29, 0.717) is 5.91 Å². The number of amides is 1. The average Bonchev–Trinajstić information content (AvgIpc) is 3.28. The van der Waals surface area contributed by atoms with E-state index in [1.54, 1.807) is 17.2 Å². The lowest BCUT2D eigenvalue weighted by Gasteiger charge is -2.57. The molecule has 7 heteroatoms. The minimum absolute atomic E-state index is 0.0287. The third kappa shape index (κ3) is 2.93. The van der Waals surface area contributed by atoms with E-state index in [2.05, 4.69) is 24.9 Å². The van der Waals surface area contributed by atoms with E-state index < -0.39 is 0 Å². The highest BCUT2D eigenvalue weighted by molar-refractivity contribution is 5.83. The van der Waals surface area contributed by atoms with Crippen molar-refractivity contribution in [3.05, 3.63) is 30.9 Å². The summed E-state index contributed by atoms with van der Waals surface area (Å²) in [6, 6.07) is 3.86. The zero-order valence-corrected chi connectivity index (χ0v) is 16.8. The highest BCUT2D eigenvalue weighted by Crippen LogP contribution is 2.60. The smallest absolute Gasteiger partial charge is 0.228 e. The van der Waals surface area contributed by atoms with Crippen LogP contribution in [0.3, 0.4) is 0 Å². The van der Waals surface area contributed by atoms with Gasteiger partial charge in [-0.25, -0.2) is 14.6 Å². The topological polar surface area (TPSA) is 67.2 Å². The van der Waals surface area contributed by atoms with Crippen molar-refractivity contribution in [1.29, 1.82) is 0 Å². The van der Waals surface area contributed by atoms with Gasteiger partial charge in [0.1, 0.15) is 12.1 Å². The lowest BCUT2D eigenvalue weighted by atomic mass is 9.49. The number of anilines is 1. The highest BCUT2D eigenvalue weighted by Gasteiger charge is 2.55. The fourth-order valence-corrected chi connectivity index (χ4v) is 6.89. The van der Waals surface area contributed by atoms with Gasteiger partial charge in [-0.15, -0.1) is 0 Å². The van der Waals surface area contributed by atoms with Crippen LogP contribution < -0.4 is 4.90 Å². The summed E-state index contributed by atoms with van der Waals surface area (Å²) in [5, 5.41) is 4.25. The van der Waals surface area contributed by atoms with Crippen molar-refractivity contribution in [3.8, 4) is 5.82 Å². The van der Waals surface area contributed by atoms with Crippen LogP contribution in [0, 0.1) is 23.2 Å². The molecule has 0 radical (unpaired) electrons. The van der Waals surface area contributed by atoms with Gasteiger partial charge in [0.05, 0.1) is 5.41 Å². The molecule has 2 aromatic heterocycles. The summed E-state index contributed by atoms with van der Waals surface area (Å²) in [6.45, 7) is 3.24. The number of nitrogens with zero attached hydrogens (tertiary/aromatic N) is 6. The molecule has 1 saturated heterocycles. The largest absolute Gasteiger partial charge is 0.353 e. The Balaban J connectivity index is 1.14. The van der Waals surface area contributed by atoms with Gasteiger partial charge in [0.15, 0.2) is 5.82 Å². The van der Waals surface area contributed by atoms with E-state index in [1.807, 2.05) is 18.3 Å². The molecule has 0 aromatic carbocycles. The Morgan fingerprint density at radius 3 is 2.21 bits per heavy atom. The second kappa shape index (κ2) is 6.54. The molecule has 7 rings (SSSR count). The van der Waals surface area contributed by atoms with Crippen molar-refractivity contribution in [2.75, 3.05) is 31.1 Å². The van der Waals surface area contributed by atoms with E-state index in [9.17, 15) is 4.79 Å². The molecule has 5 aliphatic rings. The maximum Gasteiger partial charge on any atom is 0.228 e. The molecule has 2 aromatic rings. The van der Waals surface area contributed by atoms with Gasteiger partial charge in [-0.2, -0.15) is 5.10 Å². The molecule has 1 aliphatic heterocycles. The number of piperazine rings is 1. The molecule has 0 N–H and O–H groups in total. The van der Waals surface area contributed by atoms with Crippen LogP contribution in [-0.4, -0.2) is 56.7 Å². The van der Waals surface area contributed by atoms with E-state index in [1.165, 1.54) is 19.3 Å². The van der Waals surface area contributed by atoms with Crippen LogP contribution in [-0.2, 0) is 4.79 Å². The molecule has 29 heavy (non-hydrogen) atoms. The Labute approximate surface area is 171 Å². The predicted octanol–water partition coefficient (Wildman–Crippen LogP) is 2.53. The molecule has 4 aliphatic carbocycles. The van der Waals surface area contributed by atoms with Gasteiger partial charge >= 0.3 is 0 Å². The lowest BCUT2D eigenvalue weighted by Crippen LogP contribution is -2.58. The van der Waals surface area contributed by atoms with Gasteiger partial charge in [-0.05, 0) is 62.3 Å². The average molecular weight is 393 g/mol. The monoisotopic (exact) mass is 392 g/mol.